The third-order valence-electron chi connectivity index (χ3n) is 3.86. The number of aromatic nitrogens is 2. The molecule has 3 rings (SSSR count). The molecule has 17 heavy (non-hydrogen) atoms. The largest absolute Gasteiger partial charge is 0.353 e. The van der Waals surface area contributed by atoms with Gasteiger partial charge in [-0.15, -0.1) is 0 Å². The molecule has 3 nitrogen and oxygen atoms in total. The summed E-state index contributed by atoms with van der Waals surface area (Å²) >= 11 is 0. The second kappa shape index (κ2) is 4.40. The Hall–Kier alpha value is -1.51. The number of nitrogens with zero attached hydrogens (tertiary/aromatic N) is 1. The zero-order chi connectivity index (χ0) is 11.7. The molecule has 2 N–H and O–H groups in total. The SMILES string of the molecule is CC(Nc1nc2ccccc2[nH]1)C1CCCC1. The summed E-state index contributed by atoms with van der Waals surface area (Å²) in [5.41, 5.74) is 2.14. The first kappa shape index (κ1) is 10.6. The lowest BCUT2D eigenvalue weighted by atomic mass is 10.0. The molecular formula is C14H19N3. The van der Waals surface area contributed by atoms with Crippen molar-refractivity contribution >= 4 is 17.0 Å². The third-order valence-corrected chi connectivity index (χ3v) is 3.86. The number of fused-ring (bicyclic) bond motifs is 1. The molecule has 1 saturated carbocycles. The Labute approximate surface area is 102 Å². The number of benzene rings is 1. The summed E-state index contributed by atoms with van der Waals surface area (Å²) in [6.45, 7) is 2.27. The van der Waals surface area contributed by atoms with Gasteiger partial charge in [-0.05, 0) is 37.8 Å². The molecule has 1 aliphatic rings. The molecule has 1 fully saturated rings. The van der Waals surface area contributed by atoms with Gasteiger partial charge in [0.2, 0.25) is 5.95 Å². The van der Waals surface area contributed by atoms with Gasteiger partial charge in [0.25, 0.3) is 0 Å². The molecule has 1 aliphatic carbocycles. The first-order valence-corrected chi connectivity index (χ1v) is 6.54. The van der Waals surface area contributed by atoms with E-state index in [0.717, 1.165) is 22.9 Å². The van der Waals surface area contributed by atoms with Gasteiger partial charge < -0.3 is 10.3 Å². The Morgan fingerprint density at radius 2 is 2.06 bits per heavy atom. The van der Waals surface area contributed by atoms with Gasteiger partial charge in [-0.25, -0.2) is 4.98 Å². The lowest BCUT2D eigenvalue weighted by molar-refractivity contribution is 0.480. The van der Waals surface area contributed by atoms with E-state index in [1.165, 1.54) is 25.7 Å². The van der Waals surface area contributed by atoms with E-state index >= 15 is 0 Å². The number of hydrogen-bond acceptors (Lipinski definition) is 2. The van der Waals surface area contributed by atoms with Gasteiger partial charge in [0.05, 0.1) is 11.0 Å². The predicted octanol–water partition coefficient (Wildman–Crippen LogP) is 3.55. The average molecular weight is 229 g/mol. The number of aromatic amines is 1. The quantitative estimate of drug-likeness (QED) is 0.845. The normalized spacial score (nSPS) is 18.6. The Morgan fingerprint density at radius 3 is 2.82 bits per heavy atom. The van der Waals surface area contributed by atoms with Crippen molar-refractivity contribution in [2.24, 2.45) is 5.92 Å². The Kier molecular flexibility index (Phi) is 2.75. The number of H-pyrrole nitrogens is 1. The smallest absolute Gasteiger partial charge is 0.201 e. The second-order valence-corrected chi connectivity index (χ2v) is 5.08. The number of imidazole rings is 1. The van der Waals surface area contributed by atoms with Gasteiger partial charge in [0.15, 0.2) is 0 Å². The van der Waals surface area contributed by atoms with Crippen molar-refractivity contribution in [3.05, 3.63) is 24.3 Å². The number of rotatable bonds is 3. The van der Waals surface area contributed by atoms with Crippen LogP contribution in [0.3, 0.4) is 0 Å². The van der Waals surface area contributed by atoms with Crippen molar-refractivity contribution in [2.75, 3.05) is 5.32 Å². The van der Waals surface area contributed by atoms with E-state index in [-0.39, 0.29) is 0 Å². The molecule has 0 aliphatic heterocycles. The maximum atomic E-state index is 4.56. The van der Waals surface area contributed by atoms with Crippen LogP contribution in [0, 0.1) is 5.92 Å². The Morgan fingerprint density at radius 1 is 1.29 bits per heavy atom. The molecule has 1 aromatic heterocycles. The fourth-order valence-electron chi connectivity index (χ4n) is 2.81. The van der Waals surface area contributed by atoms with Crippen LogP contribution >= 0.6 is 0 Å². The monoisotopic (exact) mass is 229 g/mol. The van der Waals surface area contributed by atoms with Crippen LogP contribution in [0.1, 0.15) is 32.6 Å². The highest BCUT2D eigenvalue weighted by Crippen LogP contribution is 2.29. The van der Waals surface area contributed by atoms with Gasteiger partial charge in [-0.3, -0.25) is 0 Å². The van der Waals surface area contributed by atoms with Crippen LogP contribution < -0.4 is 5.32 Å². The maximum Gasteiger partial charge on any atom is 0.201 e. The Balaban J connectivity index is 1.75. The first-order valence-electron chi connectivity index (χ1n) is 6.54. The molecule has 0 saturated heterocycles. The van der Waals surface area contributed by atoms with Gasteiger partial charge in [-0.2, -0.15) is 0 Å². The summed E-state index contributed by atoms with van der Waals surface area (Å²) in [6.07, 6.45) is 5.48. The van der Waals surface area contributed by atoms with E-state index in [4.69, 9.17) is 0 Å². The molecule has 0 amide bonds. The van der Waals surface area contributed by atoms with Crippen molar-refractivity contribution < 1.29 is 0 Å². The minimum Gasteiger partial charge on any atom is -0.353 e. The van der Waals surface area contributed by atoms with E-state index < -0.39 is 0 Å². The fraction of sp³-hybridized carbons (Fsp3) is 0.500. The molecule has 1 unspecified atom stereocenters. The lowest BCUT2D eigenvalue weighted by Gasteiger charge is -2.19. The van der Waals surface area contributed by atoms with Crippen LogP contribution in [-0.4, -0.2) is 16.0 Å². The summed E-state index contributed by atoms with van der Waals surface area (Å²) in [6, 6.07) is 8.67. The van der Waals surface area contributed by atoms with Gasteiger partial charge in [0, 0.05) is 6.04 Å². The molecule has 0 radical (unpaired) electrons. The molecule has 0 bridgehead atoms. The van der Waals surface area contributed by atoms with Crippen LogP contribution in [0.2, 0.25) is 0 Å². The molecule has 2 aromatic rings. The summed E-state index contributed by atoms with van der Waals surface area (Å²) in [4.78, 5) is 7.89. The molecule has 0 spiro atoms. The van der Waals surface area contributed by atoms with Gasteiger partial charge >= 0.3 is 0 Å². The fourth-order valence-corrected chi connectivity index (χ4v) is 2.81. The summed E-state index contributed by atoms with van der Waals surface area (Å²) < 4.78 is 0. The van der Waals surface area contributed by atoms with Crippen LogP contribution in [0.5, 0.6) is 0 Å². The zero-order valence-electron chi connectivity index (χ0n) is 10.2. The van der Waals surface area contributed by atoms with E-state index in [2.05, 4.69) is 28.3 Å². The molecule has 90 valence electrons. The van der Waals surface area contributed by atoms with E-state index in [0.29, 0.717) is 6.04 Å². The zero-order valence-corrected chi connectivity index (χ0v) is 10.2. The molecule has 1 heterocycles. The maximum absolute atomic E-state index is 4.56. The average Bonchev–Trinajstić information content (AvgIpc) is 2.97. The number of anilines is 1. The van der Waals surface area contributed by atoms with Crippen molar-refractivity contribution in [3.8, 4) is 0 Å². The van der Waals surface area contributed by atoms with Gasteiger partial charge in [-0.1, -0.05) is 25.0 Å². The van der Waals surface area contributed by atoms with Crippen LogP contribution in [-0.2, 0) is 0 Å². The van der Waals surface area contributed by atoms with Gasteiger partial charge in [0.1, 0.15) is 0 Å². The van der Waals surface area contributed by atoms with Crippen LogP contribution in [0.25, 0.3) is 11.0 Å². The number of nitrogens with one attached hydrogen (secondary N) is 2. The number of hydrogen-bond donors (Lipinski definition) is 2. The standard InChI is InChI=1S/C14H19N3/c1-10(11-6-2-3-7-11)15-14-16-12-8-4-5-9-13(12)17-14/h4-5,8-11H,2-3,6-7H2,1H3,(H2,15,16,17). The molecule has 1 aromatic carbocycles. The molecule has 3 heteroatoms. The highest BCUT2D eigenvalue weighted by Gasteiger charge is 2.21. The highest BCUT2D eigenvalue weighted by molar-refractivity contribution is 5.77. The summed E-state index contributed by atoms with van der Waals surface area (Å²) in [5, 5.41) is 3.51. The summed E-state index contributed by atoms with van der Waals surface area (Å²) in [7, 11) is 0. The topological polar surface area (TPSA) is 40.7 Å². The van der Waals surface area contributed by atoms with E-state index in [9.17, 15) is 0 Å². The molecule has 1 atom stereocenters. The van der Waals surface area contributed by atoms with Crippen LogP contribution in [0.4, 0.5) is 5.95 Å². The van der Waals surface area contributed by atoms with Crippen molar-refractivity contribution in [3.63, 3.8) is 0 Å². The third kappa shape index (κ3) is 2.14. The first-order chi connectivity index (χ1) is 8.33. The molecular weight excluding hydrogens is 210 g/mol. The minimum atomic E-state index is 0.512. The van der Waals surface area contributed by atoms with Crippen molar-refractivity contribution in [1.29, 1.82) is 0 Å². The lowest BCUT2D eigenvalue weighted by Crippen LogP contribution is -2.24. The Bertz CT molecular complexity index is 464. The summed E-state index contributed by atoms with van der Waals surface area (Å²) in [5.74, 6) is 1.72. The predicted molar refractivity (Wildman–Crippen MR) is 71.1 cm³/mol. The number of para-hydroxylation sites is 2. The van der Waals surface area contributed by atoms with Crippen molar-refractivity contribution in [1.82, 2.24) is 9.97 Å². The van der Waals surface area contributed by atoms with E-state index in [1.807, 2.05) is 18.2 Å². The van der Waals surface area contributed by atoms with Crippen LogP contribution in [0.15, 0.2) is 24.3 Å². The second-order valence-electron chi connectivity index (χ2n) is 5.08. The minimum absolute atomic E-state index is 0.512. The van der Waals surface area contributed by atoms with Crippen molar-refractivity contribution in [2.45, 2.75) is 38.6 Å². The highest BCUT2D eigenvalue weighted by atomic mass is 15.1. The van der Waals surface area contributed by atoms with E-state index in [1.54, 1.807) is 0 Å².